The minimum absolute atomic E-state index is 0.177. The lowest BCUT2D eigenvalue weighted by Crippen LogP contribution is -2.39. The van der Waals surface area contributed by atoms with Crippen LogP contribution in [0.15, 0.2) is 0 Å². The monoisotopic (exact) mass is 227 g/mol. The zero-order chi connectivity index (χ0) is 12.8. The van der Waals surface area contributed by atoms with E-state index in [1.807, 2.05) is 0 Å². The van der Waals surface area contributed by atoms with Crippen LogP contribution in [0.2, 0.25) is 0 Å². The van der Waals surface area contributed by atoms with Gasteiger partial charge in [-0.3, -0.25) is 9.59 Å². The number of rotatable bonds is 5. The predicted octanol–water partition coefficient (Wildman–Crippen LogP) is 1.28. The largest absolute Gasteiger partial charge is 0.466 e. The number of carbonyl (C=O) groups excluding carboxylic acids is 2. The first-order chi connectivity index (χ1) is 7.41. The third-order valence-corrected chi connectivity index (χ3v) is 2.17. The van der Waals surface area contributed by atoms with Crippen LogP contribution in [-0.4, -0.2) is 25.2 Å². The van der Waals surface area contributed by atoms with Crippen molar-refractivity contribution in [1.29, 1.82) is 5.26 Å². The highest BCUT2D eigenvalue weighted by Gasteiger charge is 2.43. The maximum atomic E-state index is 11.6. The fourth-order valence-electron chi connectivity index (χ4n) is 1.17. The van der Waals surface area contributed by atoms with E-state index in [0.29, 0.717) is 0 Å². The molecule has 0 N–H and O–H groups in total. The molecule has 0 radical (unpaired) electrons. The van der Waals surface area contributed by atoms with Gasteiger partial charge in [0.2, 0.25) is 0 Å². The zero-order valence-electron chi connectivity index (χ0n) is 10.1. The second-order valence-electron chi connectivity index (χ2n) is 3.76. The molecule has 16 heavy (non-hydrogen) atoms. The lowest BCUT2D eigenvalue weighted by molar-refractivity contribution is -0.164. The molecule has 0 saturated heterocycles. The number of carbonyl (C=O) groups is 2. The van der Waals surface area contributed by atoms with E-state index in [9.17, 15) is 9.59 Å². The van der Waals surface area contributed by atoms with Gasteiger partial charge >= 0.3 is 11.9 Å². The van der Waals surface area contributed by atoms with E-state index in [-0.39, 0.29) is 13.2 Å². The zero-order valence-corrected chi connectivity index (χ0v) is 10.1. The third-order valence-electron chi connectivity index (χ3n) is 2.17. The molecule has 0 fully saturated rings. The van der Waals surface area contributed by atoms with Crippen molar-refractivity contribution in [3.05, 3.63) is 0 Å². The molecule has 0 spiro atoms. The molecule has 0 amide bonds. The number of hydrogen-bond acceptors (Lipinski definition) is 5. The van der Waals surface area contributed by atoms with Crippen LogP contribution in [0.3, 0.4) is 0 Å². The Kier molecular flexibility index (Phi) is 5.51. The summed E-state index contributed by atoms with van der Waals surface area (Å²) in [4.78, 5) is 23.1. The molecule has 5 nitrogen and oxygen atoms in total. The molecule has 0 aliphatic rings. The molecule has 0 bridgehead atoms. The quantitative estimate of drug-likeness (QED) is 0.661. The number of ether oxygens (including phenoxy) is 2. The first kappa shape index (κ1) is 14.4. The summed E-state index contributed by atoms with van der Waals surface area (Å²) in [5.74, 6) is -2.41. The van der Waals surface area contributed by atoms with Crippen molar-refractivity contribution < 1.29 is 19.1 Å². The fourth-order valence-corrected chi connectivity index (χ4v) is 1.17. The molecule has 0 saturated carbocycles. The van der Waals surface area contributed by atoms with E-state index in [1.165, 1.54) is 13.8 Å². The number of nitrogens with zero attached hydrogens (tertiary/aromatic N) is 1. The Morgan fingerprint density at radius 2 is 1.75 bits per heavy atom. The van der Waals surface area contributed by atoms with Gasteiger partial charge in [-0.1, -0.05) is 0 Å². The first-order valence-electron chi connectivity index (χ1n) is 5.15. The maximum absolute atomic E-state index is 11.6. The van der Waals surface area contributed by atoms with Gasteiger partial charge in [-0.05, 0) is 27.7 Å². The summed E-state index contributed by atoms with van der Waals surface area (Å²) in [6.07, 6.45) is 0. The van der Waals surface area contributed by atoms with Crippen LogP contribution in [0, 0.1) is 22.7 Å². The predicted molar refractivity (Wildman–Crippen MR) is 56.2 cm³/mol. The Balaban J connectivity index is 4.87. The third kappa shape index (κ3) is 3.23. The molecule has 0 aromatic carbocycles. The molecule has 0 aliphatic carbocycles. The van der Waals surface area contributed by atoms with Crippen molar-refractivity contribution in [2.45, 2.75) is 27.7 Å². The summed E-state index contributed by atoms with van der Waals surface area (Å²) in [5.41, 5.74) is -1.20. The highest BCUT2D eigenvalue weighted by molar-refractivity contribution is 5.86. The van der Waals surface area contributed by atoms with Gasteiger partial charge in [0, 0.05) is 0 Å². The van der Waals surface area contributed by atoms with Gasteiger partial charge in [-0.15, -0.1) is 0 Å². The molecular formula is C11H17NO4. The lowest BCUT2D eigenvalue weighted by atomic mass is 9.79. The Hall–Kier alpha value is -1.57. The van der Waals surface area contributed by atoms with Gasteiger partial charge in [0.25, 0.3) is 0 Å². The summed E-state index contributed by atoms with van der Waals surface area (Å²) in [5, 5.41) is 8.92. The van der Waals surface area contributed by atoms with E-state index < -0.39 is 23.3 Å². The summed E-state index contributed by atoms with van der Waals surface area (Å²) in [6.45, 7) is 6.69. The minimum atomic E-state index is -1.20. The smallest absolute Gasteiger partial charge is 0.324 e. The average molecular weight is 227 g/mol. The van der Waals surface area contributed by atoms with Crippen LogP contribution in [-0.2, 0) is 19.1 Å². The molecule has 1 unspecified atom stereocenters. The molecule has 5 heteroatoms. The van der Waals surface area contributed by atoms with Crippen LogP contribution in [0.1, 0.15) is 27.7 Å². The van der Waals surface area contributed by atoms with E-state index >= 15 is 0 Å². The Morgan fingerprint density at radius 3 is 2.12 bits per heavy atom. The van der Waals surface area contributed by atoms with Gasteiger partial charge in [-0.25, -0.2) is 0 Å². The number of nitriles is 1. The topological polar surface area (TPSA) is 76.4 Å². The van der Waals surface area contributed by atoms with E-state index in [4.69, 9.17) is 14.7 Å². The van der Waals surface area contributed by atoms with Crippen molar-refractivity contribution in [3.63, 3.8) is 0 Å². The second-order valence-corrected chi connectivity index (χ2v) is 3.76. The van der Waals surface area contributed by atoms with Crippen molar-refractivity contribution in [2.75, 3.05) is 13.2 Å². The van der Waals surface area contributed by atoms with Gasteiger partial charge in [-0.2, -0.15) is 5.26 Å². The van der Waals surface area contributed by atoms with Crippen molar-refractivity contribution >= 4 is 11.9 Å². The lowest BCUT2D eigenvalue weighted by Gasteiger charge is -2.25. The number of hydrogen-bond donors (Lipinski definition) is 0. The molecule has 90 valence electrons. The molecule has 1 atom stereocenters. The van der Waals surface area contributed by atoms with E-state index in [2.05, 4.69) is 0 Å². The highest BCUT2D eigenvalue weighted by Crippen LogP contribution is 2.29. The van der Waals surface area contributed by atoms with Gasteiger partial charge in [0.05, 0.1) is 24.7 Å². The van der Waals surface area contributed by atoms with Gasteiger partial charge in [0.15, 0.2) is 5.92 Å². The van der Waals surface area contributed by atoms with Crippen LogP contribution >= 0.6 is 0 Å². The normalized spacial score (nSPS) is 12.4. The first-order valence-corrected chi connectivity index (χ1v) is 5.15. The maximum Gasteiger partial charge on any atom is 0.324 e. The van der Waals surface area contributed by atoms with Gasteiger partial charge < -0.3 is 9.47 Å². The van der Waals surface area contributed by atoms with E-state index in [1.54, 1.807) is 19.9 Å². The summed E-state index contributed by atoms with van der Waals surface area (Å²) < 4.78 is 9.56. The molecule has 0 aromatic rings. The standard InChI is InChI=1S/C11H17NO4/c1-5-15-9(13)8(7-12)11(3,4)10(14)16-6-2/h8H,5-6H2,1-4H3. The Bertz CT molecular complexity index is 304. The summed E-state index contributed by atoms with van der Waals surface area (Å²) in [7, 11) is 0. The van der Waals surface area contributed by atoms with Crippen LogP contribution in [0.25, 0.3) is 0 Å². The van der Waals surface area contributed by atoms with Crippen LogP contribution in [0.4, 0.5) is 0 Å². The summed E-state index contributed by atoms with van der Waals surface area (Å²) in [6, 6.07) is 1.79. The number of esters is 2. The average Bonchev–Trinajstić information content (AvgIpc) is 2.19. The summed E-state index contributed by atoms with van der Waals surface area (Å²) >= 11 is 0. The van der Waals surface area contributed by atoms with Crippen molar-refractivity contribution in [3.8, 4) is 6.07 Å². The highest BCUT2D eigenvalue weighted by atomic mass is 16.5. The van der Waals surface area contributed by atoms with E-state index in [0.717, 1.165) is 0 Å². The molecule has 0 rings (SSSR count). The molecule has 0 aromatic heterocycles. The molecule has 0 heterocycles. The SMILES string of the molecule is CCOC(=O)C(C#N)C(C)(C)C(=O)OCC. The van der Waals surface area contributed by atoms with Crippen LogP contribution < -0.4 is 0 Å². The minimum Gasteiger partial charge on any atom is -0.466 e. The fraction of sp³-hybridized carbons (Fsp3) is 0.727. The van der Waals surface area contributed by atoms with Crippen molar-refractivity contribution in [1.82, 2.24) is 0 Å². The molecule has 0 aliphatic heterocycles. The van der Waals surface area contributed by atoms with Crippen molar-refractivity contribution in [2.24, 2.45) is 11.3 Å². The molecular weight excluding hydrogens is 210 g/mol. The van der Waals surface area contributed by atoms with Crippen LogP contribution in [0.5, 0.6) is 0 Å². The Morgan fingerprint density at radius 1 is 1.25 bits per heavy atom. The van der Waals surface area contributed by atoms with Gasteiger partial charge in [0.1, 0.15) is 0 Å². The second kappa shape index (κ2) is 6.11. The Labute approximate surface area is 95.3 Å².